The molecule has 1 aliphatic rings. The lowest BCUT2D eigenvalue weighted by atomic mass is 10.1. The molecule has 0 aromatic carbocycles. The van der Waals surface area contributed by atoms with Crippen molar-refractivity contribution in [2.45, 2.75) is 32.2 Å². The van der Waals surface area contributed by atoms with Crippen molar-refractivity contribution in [2.75, 3.05) is 26.7 Å². The monoisotopic (exact) mass is 279 g/mol. The van der Waals surface area contributed by atoms with Crippen LogP contribution < -0.4 is 10.0 Å². The van der Waals surface area contributed by atoms with Gasteiger partial charge < -0.3 is 10.1 Å². The quantitative estimate of drug-likeness (QED) is 0.759. The van der Waals surface area contributed by atoms with Gasteiger partial charge in [0.15, 0.2) is 0 Å². The van der Waals surface area contributed by atoms with Gasteiger partial charge in [-0.3, -0.25) is 0 Å². The topological polar surface area (TPSA) is 87.7 Å². The summed E-state index contributed by atoms with van der Waals surface area (Å²) in [6.45, 7) is 3.44. The summed E-state index contributed by atoms with van der Waals surface area (Å²) in [6.07, 6.45) is 1.51. The smallest absolute Gasteiger partial charge is 0.421 e. The van der Waals surface area contributed by atoms with Gasteiger partial charge in [-0.1, -0.05) is 0 Å². The fourth-order valence-electron chi connectivity index (χ4n) is 1.90. The minimum absolute atomic E-state index is 0.0908. The largest absolute Gasteiger partial charge is 0.449 e. The van der Waals surface area contributed by atoms with Crippen LogP contribution in [0.15, 0.2) is 0 Å². The van der Waals surface area contributed by atoms with E-state index in [0.717, 1.165) is 32.4 Å². The summed E-state index contributed by atoms with van der Waals surface area (Å²) in [5.74, 6) is 0. The van der Waals surface area contributed by atoms with E-state index in [1.54, 1.807) is 6.92 Å². The molecule has 0 aromatic heterocycles. The second kappa shape index (κ2) is 6.91. The van der Waals surface area contributed by atoms with Crippen LogP contribution in [0, 0.1) is 0 Å². The second-order valence-corrected chi connectivity index (χ2v) is 5.91. The average molecular weight is 279 g/mol. The molecule has 8 heteroatoms. The molecule has 0 aliphatic carbocycles. The number of rotatable bonds is 4. The molecule has 18 heavy (non-hydrogen) atoms. The van der Waals surface area contributed by atoms with E-state index in [-0.39, 0.29) is 12.6 Å². The molecule has 0 bridgehead atoms. The van der Waals surface area contributed by atoms with Crippen molar-refractivity contribution >= 4 is 16.3 Å². The maximum Gasteiger partial charge on any atom is 0.421 e. The van der Waals surface area contributed by atoms with Crippen molar-refractivity contribution in [3.8, 4) is 0 Å². The molecule has 1 unspecified atom stereocenters. The number of amides is 1. The van der Waals surface area contributed by atoms with E-state index in [2.05, 4.69) is 10.1 Å². The van der Waals surface area contributed by atoms with Crippen LogP contribution in [0.2, 0.25) is 0 Å². The fraction of sp³-hybridized carbons (Fsp3) is 0.900. The maximum atomic E-state index is 11.9. The second-order valence-electron chi connectivity index (χ2n) is 4.18. The molecule has 0 aromatic rings. The third-order valence-corrected chi connectivity index (χ3v) is 4.41. The highest BCUT2D eigenvalue weighted by Crippen LogP contribution is 2.14. The summed E-state index contributed by atoms with van der Waals surface area (Å²) in [4.78, 5) is 11.2. The van der Waals surface area contributed by atoms with E-state index in [9.17, 15) is 13.2 Å². The Morgan fingerprint density at radius 1 is 1.44 bits per heavy atom. The number of carbonyl (C=O) groups excluding carboxylic acids is 1. The zero-order valence-corrected chi connectivity index (χ0v) is 11.6. The summed E-state index contributed by atoms with van der Waals surface area (Å²) in [5, 5.41) is 3.21. The van der Waals surface area contributed by atoms with Crippen molar-refractivity contribution in [3.63, 3.8) is 0 Å². The number of nitrogens with zero attached hydrogens (tertiary/aromatic N) is 1. The summed E-state index contributed by atoms with van der Waals surface area (Å²) < 4.78 is 31.5. The Labute approximate surface area is 108 Å². The Balaban J connectivity index is 2.62. The van der Waals surface area contributed by atoms with Gasteiger partial charge in [0, 0.05) is 13.1 Å². The highest BCUT2D eigenvalue weighted by Gasteiger charge is 2.28. The molecule has 1 amide bonds. The molecular weight excluding hydrogens is 258 g/mol. The first kappa shape index (κ1) is 15.2. The molecule has 1 aliphatic heterocycles. The zero-order valence-electron chi connectivity index (χ0n) is 10.8. The Morgan fingerprint density at radius 3 is 2.83 bits per heavy atom. The number of nitrogens with one attached hydrogen (secondary N) is 2. The molecule has 2 N–H and O–H groups in total. The highest BCUT2D eigenvalue weighted by molar-refractivity contribution is 7.87. The summed E-state index contributed by atoms with van der Waals surface area (Å²) >= 11 is 0. The van der Waals surface area contributed by atoms with Crippen LogP contribution in [-0.2, 0) is 14.9 Å². The predicted octanol–water partition coefficient (Wildman–Crippen LogP) is 0.0512. The number of carbonyl (C=O) groups is 1. The average Bonchev–Trinajstić information content (AvgIpc) is 2.55. The van der Waals surface area contributed by atoms with Crippen LogP contribution in [0.3, 0.4) is 0 Å². The van der Waals surface area contributed by atoms with Crippen molar-refractivity contribution in [2.24, 2.45) is 0 Å². The van der Waals surface area contributed by atoms with Gasteiger partial charge in [0.05, 0.1) is 6.61 Å². The SMILES string of the molecule is CCOC(=O)NS(=O)(=O)N(C)C1CCCNCC1. The van der Waals surface area contributed by atoms with Crippen LogP contribution in [0.4, 0.5) is 4.79 Å². The van der Waals surface area contributed by atoms with Crippen LogP contribution in [-0.4, -0.2) is 51.6 Å². The van der Waals surface area contributed by atoms with Gasteiger partial charge in [-0.15, -0.1) is 0 Å². The Bertz CT molecular complexity index is 363. The van der Waals surface area contributed by atoms with Gasteiger partial charge in [-0.25, -0.2) is 9.52 Å². The van der Waals surface area contributed by atoms with Gasteiger partial charge in [0.2, 0.25) is 0 Å². The van der Waals surface area contributed by atoms with E-state index in [1.807, 2.05) is 4.72 Å². The van der Waals surface area contributed by atoms with Crippen LogP contribution >= 0.6 is 0 Å². The van der Waals surface area contributed by atoms with Crippen LogP contribution in [0.1, 0.15) is 26.2 Å². The Morgan fingerprint density at radius 2 is 2.17 bits per heavy atom. The van der Waals surface area contributed by atoms with Gasteiger partial charge >= 0.3 is 16.3 Å². The molecule has 0 saturated carbocycles. The summed E-state index contributed by atoms with van der Waals surface area (Å²) in [5.41, 5.74) is 0. The van der Waals surface area contributed by atoms with E-state index in [1.165, 1.54) is 11.4 Å². The molecule has 0 radical (unpaired) electrons. The minimum atomic E-state index is -3.82. The van der Waals surface area contributed by atoms with Crippen molar-refractivity contribution < 1.29 is 17.9 Å². The normalized spacial score (nSPS) is 21.4. The Kier molecular flexibility index (Phi) is 5.83. The van der Waals surface area contributed by atoms with Crippen LogP contribution in [0.5, 0.6) is 0 Å². The Hall–Kier alpha value is -0.860. The van der Waals surface area contributed by atoms with Crippen molar-refractivity contribution in [1.82, 2.24) is 14.3 Å². The standard InChI is InChI=1S/C10H21N3O4S/c1-3-17-10(14)12-18(15,16)13(2)9-5-4-7-11-8-6-9/h9,11H,3-8H2,1-2H3,(H,12,14). The van der Waals surface area contributed by atoms with E-state index in [4.69, 9.17) is 0 Å². The van der Waals surface area contributed by atoms with E-state index < -0.39 is 16.3 Å². The number of hydrogen-bond acceptors (Lipinski definition) is 5. The summed E-state index contributed by atoms with van der Waals surface area (Å²) in [7, 11) is -2.33. The molecule has 1 saturated heterocycles. The first-order valence-corrected chi connectivity index (χ1v) is 7.54. The van der Waals surface area contributed by atoms with Gasteiger partial charge in [-0.2, -0.15) is 12.7 Å². The van der Waals surface area contributed by atoms with Gasteiger partial charge in [-0.05, 0) is 39.3 Å². The minimum Gasteiger partial charge on any atom is -0.449 e. The van der Waals surface area contributed by atoms with Gasteiger partial charge in [0.25, 0.3) is 0 Å². The summed E-state index contributed by atoms with van der Waals surface area (Å²) in [6, 6.07) is -0.0908. The molecule has 1 atom stereocenters. The van der Waals surface area contributed by atoms with Crippen LogP contribution in [0.25, 0.3) is 0 Å². The third-order valence-electron chi connectivity index (χ3n) is 2.93. The number of hydrogen-bond donors (Lipinski definition) is 2. The third kappa shape index (κ3) is 4.43. The van der Waals surface area contributed by atoms with Gasteiger partial charge in [0.1, 0.15) is 0 Å². The molecule has 1 heterocycles. The van der Waals surface area contributed by atoms with Crippen molar-refractivity contribution in [1.29, 1.82) is 0 Å². The van der Waals surface area contributed by atoms with E-state index >= 15 is 0 Å². The zero-order chi connectivity index (χ0) is 13.6. The molecular formula is C10H21N3O4S. The maximum absolute atomic E-state index is 11.9. The lowest BCUT2D eigenvalue weighted by molar-refractivity contribution is 0.158. The van der Waals surface area contributed by atoms with E-state index in [0.29, 0.717) is 0 Å². The highest BCUT2D eigenvalue weighted by atomic mass is 32.2. The van der Waals surface area contributed by atoms with Crippen molar-refractivity contribution in [3.05, 3.63) is 0 Å². The fourth-order valence-corrected chi connectivity index (χ4v) is 2.92. The molecule has 0 spiro atoms. The first-order chi connectivity index (χ1) is 8.47. The molecule has 1 rings (SSSR count). The number of ether oxygens (including phenoxy) is 1. The molecule has 106 valence electrons. The lowest BCUT2D eigenvalue weighted by Gasteiger charge is -2.25. The molecule has 7 nitrogen and oxygen atoms in total. The predicted molar refractivity (Wildman–Crippen MR) is 67.3 cm³/mol. The molecule has 1 fully saturated rings. The first-order valence-electron chi connectivity index (χ1n) is 6.10. The lowest BCUT2D eigenvalue weighted by Crippen LogP contribution is -2.46.